The zero-order valence-corrected chi connectivity index (χ0v) is 10.3. The molecular weight excluding hydrogens is 254 g/mol. The van der Waals surface area contributed by atoms with Gasteiger partial charge in [-0.05, 0) is 18.2 Å². The highest BCUT2D eigenvalue weighted by atomic mass is 35.5. The lowest BCUT2D eigenvalue weighted by molar-refractivity contribution is 0.0995. The van der Waals surface area contributed by atoms with Gasteiger partial charge in [-0.25, -0.2) is 4.98 Å². The average molecular weight is 266 g/mol. The van der Waals surface area contributed by atoms with Crippen LogP contribution in [0.1, 0.15) is 16.4 Å². The van der Waals surface area contributed by atoms with Crippen LogP contribution in [0.5, 0.6) is 0 Å². The van der Waals surface area contributed by atoms with E-state index in [4.69, 9.17) is 21.8 Å². The highest BCUT2D eigenvalue weighted by Crippen LogP contribution is 2.16. The number of carbonyl (C=O) groups is 1. The molecule has 6 heteroatoms. The molecule has 0 spiro atoms. The fourth-order valence-electron chi connectivity index (χ4n) is 1.41. The Kier molecular flexibility index (Phi) is 3.96. The van der Waals surface area contributed by atoms with Gasteiger partial charge in [-0.2, -0.15) is 0 Å². The topological polar surface area (TPSA) is 81.1 Å². The third-order valence-electron chi connectivity index (χ3n) is 2.22. The number of amides is 1. The van der Waals surface area contributed by atoms with Crippen LogP contribution in [0, 0.1) is 0 Å². The number of oxazole rings is 1. The van der Waals surface area contributed by atoms with Gasteiger partial charge in [0.25, 0.3) is 5.91 Å². The first-order valence-electron chi connectivity index (χ1n) is 5.41. The van der Waals surface area contributed by atoms with Crippen LogP contribution in [-0.2, 0) is 6.42 Å². The van der Waals surface area contributed by atoms with Gasteiger partial charge in [0.2, 0.25) is 5.76 Å². The maximum Gasteiger partial charge on any atom is 0.293 e. The molecule has 0 aliphatic carbocycles. The smallest absolute Gasteiger partial charge is 0.293 e. The number of hydrogen-bond donors (Lipinski definition) is 2. The molecule has 0 atom stereocenters. The highest BCUT2D eigenvalue weighted by Gasteiger charge is 2.12. The van der Waals surface area contributed by atoms with E-state index < -0.39 is 0 Å². The number of rotatable bonds is 4. The molecule has 1 amide bonds. The van der Waals surface area contributed by atoms with Crippen LogP contribution in [0.3, 0.4) is 0 Å². The summed E-state index contributed by atoms with van der Waals surface area (Å²) >= 11 is 5.82. The van der Waals surface area contributed by atoms with Gasteiger partial charge in [0.05, 0.1) is 6.20 Å². The predicted octanol–water partition coefficient (Wildman–Crippen LogP) is 2.08. The Morgan fingerprint density at radius 3 is 3.06 bits per heavy atom. The van der Waals surface area contributed by atoms with Gasteiger partial charge in [-0.3, -0.25) is 4.79 Å². The zero-order chi connectivity index (χ0) is 13.0. The van der Waals surface area contributed by atoms with Gasteiger partial charge in [0.15, 0.2) is 5.89 Å². The molecule has 0 bridgehead atoms. The lowest BCUT2D eigenvalue weighted by Gasteiger charge is -2.02. The summed E-state index contributed by atoms with van der Waals surface area (Å²) in [6.45, 7) is 0.426. The first kappa shape index (κ1) is 12.6. The molecule has 0 aliphatic rings. The molecule has 18 heavy (non-hydrogen) atoms. The highest BCUT2D eigenvalue weighted by molar-refractivity contribution is 6.30. The second-order valence-corrected chi connectivity index (χ2v) is 4.06. The van der Waals surface area contributed by atoms with Crippen molar-refractivity contribution in [1.82, 2.24) is 4.98 Å². The second kappa shape index (κ2) is 5.66. The number of carbonyl (C=O) groups excluding carboxylic acids is 1. The first-order chi connectivity index (χ1) is 8.69. The van der Waals surface area contributed by atoms with Gasteiger partial charge in [-0.1, -0.05) is 17.7 Å². The Hall–Kier alpha value is -1.85. The minimum atomic E-state index is -0.368. The van der Waals surface area contributed by atoms with E-state index in [-0.39, 0.29) is 11.7 Å². The summed E-state index contributed by atoms with van der Waals surface area (Å²) in [5, 5.41) is 3.22. The lowest BCUT2D eigenvalue weighted by atomic mass is 10.3. The minimum absolute atomic E-state index is 0.151. The van der Waals surface area contributed by atoms with Crippen molar-refractivity contribution in [3.05, 3.63) is 47.1 Å². The van der Waals surface area contributed by atoms with Crippen LogP contribution in [0.4, 0.5) is 5.69 Å². The molecule has 0 saturated carbocycles. The Morgan fingerprint density at radius 2 is 2.33 bits per heavy atom. The molecule has 2 aromatic rings. The molecule has 0 saturated heterocycles. The number of anilines is 1. The number of nitrogens with one attached hydrogen (secondary N) is 1. The van der Waals surface area contributed by atoms with Crippen molar-refractivity contribution in [2.75, 3.05) is 11.9 Å². The van der Waals surface area contributed by atoms with Crippen molar-refractivity contribution < 1.29 is 9.21 Å². The molecular formula is C12H12ClN3O2. The molecule has 1 aromatic heterocycles. The van der Waals surface area contributed by atoms with E-state index in [1.54, 1.807) is 24.3 Å². The van der Waals surface area contributed by atoms with E-state index in [2.05, 4.69) is 10.3 Å². The quantitative estimate of drug-likeness (QED) is 0.887. The molecule has 0 radical (unpaired) electrons. The van der Waals surface area contributed by atoms with Crippen LogP contribution in [0.2, 0.25) is 5.02 Å². The van der Waals surface area contributed by atoms with E-state index in [0.29, 0.717) is 29.6 Å². The van der Waals surface area contributed by atoms with Gasteiger partial charge in [0, 0.05) is 23.7 Å². The zero-order valence-electron chi connectivity index (χ0n) is 9.52. The minimum Gasteiger partial charge on any atom is -0.435 e. The third-order valence-corrected chi connectivity index (χ3v) is 2.45. The molecule has 5 nitrogen and oxygen atoms in total. The molecule has 2 rings (SSSR count). The van der Waals surface area contributed by atoms with Crippen molar-refractivity contribution in [3.63, 3.8) is 0 Å². The normalized spacial score (nSPS) is 10.3. The molecule has 3 N–H and O–H groups in total. The van der Waals surface area contributed by atoms with Crippen LogP contribution >= 0.6 is 11.6 Å². The predicted molar refractivity (Wildman–Crippen MR) is 68.7 cm³/mol. The van der Waals surface area contributed by atoms with E-state index in [1.165, 1.54) is 6.20 Å². The maximum absolute atomic E-state index is 11.8. The Balaban J connectivity index is 2.07. The van der Waals surface area contributed by atoms with E-state index in [0.717, 1.165) is 0 Å². The van der Waals surface area contributed by atoms with E-state index >= 15 is 0 Å². The summed E-state index contributed by atoms with van der Waals surface area (Å²) in [5.74, 6) is 0.236. The second-order valence-electron chi connectivity index (χ2n) is 3.62. The molecule has 0 aliphatic heterocycles. The van der Waals surface area contributed by atoms with Crippen LogP contribution < -0.4 is 11.1 Å². The summed E-state index contributed by atoms with van der Waals surface area (Å²) in [7, 11) is 0. The molecule has 1 heterocycles. The number of nitrogens with two attached hydrogens (primary N) is 1. The number of benzene rings is 1. The lowest BCUT2D eigenvalue weighted by Crippen LogP contribution is -2.10. The largest absolute Gasteiger partial charge is 0.435 e. The summed E-state index contributed by atoms with van der Waals surface area (Å²) in [5.41, 5.74) is 5.97. The fraction of sp³-hybridized carbons (Fsp3) is 0.167. The standard InChI is InChI=1S/C12H12ClN3O2/c13-8-2-1-3-9(6-8)16-12(17)10-7-15-11(18-10)4-5-14/h1-3,6-7H,4-5,14H2,(H,16,17). The van der Waals surface area contributed by atoms with E-state index in [1.807, 2.05) is 0 Å². The Morgan fingerprint density at radius 1 is 1.50 bits per heavy atom. The van der Waals surface area contributed by atoms with Gasteiger partial charge in [0.1, 0.15) is 0 Å². The van der Waals surface area contributed by atoms with Crippen molar-refractivity contribution in [1.29, 1.82) is 0 Å². The van der Waals surface area contributed by atoms with Gasteiger partial charge < -0.3 is 15.5 Å². The van der Waals surface area contributed by atoms with Crippen LogP contribution in [0.25, 0.3) is 0 Å². The van der Waals surface area contributed by atoms with Crippen molar-refractivity contribution in [3.8, 4) is 0 Å². The van der Waals surface area contributed by atoms with Crippen molar-refractivity contribution in [2.24, 2.45) is 5.73 Å². The maximum atomic E-state index is 11.8. The summed E-state index contributed by atoms with van der Waals surface area (Å²) in [4.78, 5) is 15.8. The van der Waals surface area contributed by atoms with Gasteiger partial charge >= 0.3 is 0 Å². The number of nitrogens with zero attached hydrogens (tertiary/aromatic N) is 1. The van der Waals surface area contributed by atoms with Crippen LogP contribution in [-0.4, -0.2) is 17.4 Å². The third kappa shape index (κ3) is 3.09. The fourth-order valence-corrected chi connectivity index (χ4v) is 1.60. The summed E-state index contributed by atoms with van der Waals surface area (Å²) in [6, 6.07) is 6.86. The van der Waals surface area contributed by atoms with Crippen molar-refractivity contribution >= 4 is 23.2 Å². The SMILES string of the molecule is NCCc1ncc(C(=O)Nc2cccc(Cl)c2)o1. The molecule has 0 fully saturated rings. The summed E-state index contributed by atoms with van der Waals surface area (Å²) in [6.07, 6.45) is 1.88. The monoisotopic (exact) mass is 265 g/mol. The number of hydrogen-bond acceptors (Lipinski definition) is 4. The van der Waals surface area contributed by atoms with Crippen molar-refractivity contribution in [2.45, 2.75) is 6.42 Å². The van der Waals surface area contributed by atoms with Gasteiger partial charge in [-0.15, -0.1) is 0 Å². The number of aromatic nitrogens is 1. The summed E-state index contributed by atoms with van der Waals surface area (Å²) < 4.78 is 5.25. The number of halogens is 1. The van der Waals surface area contributed by atoms with Crippen LogP contribution in [0.15, 0.2) is 34.9 Å². The molecule has 94 valence electrons. The Bertz CT molecular complexity index is 554. The first-order valence-corrected chi connectivity index (χ1v) is 5.78. The average Bonchev–Trinajstić information content (AvgIpc) is 2.78. The van der Waals surface area contributed by atoms with E-state index in [9.17, 15) is 4.79 Å². The molecule has 0 unspecified atom stereocenters. The Labute approximate surface area is 109 Å². The molecule has 1 aromatic carbocycles.